The zero-order valence-corrected chi connectivity index (χ0v) is 18.7. The number of carbonyl (C=O) groups is 1. The Morgan fingerprint density at radius 2 is 1.88 bits per heavy atom. The van der Waals surface area contributed by atoms with Gasteiger partial charge in [0, 0.05) is 11.8 Å². The molecule has 0 aliphatic carbocycles. The molecule has 0 aromatic heterocycles. The van der Waals surface area contributed by atoms with Crippen LogP contribution in [0.2, 0.25) is 0 Å². The molecule has 164 valence electrons. The van der Waals surface area contributed by atoms with Crippen LogP contribution >= 0.6 is 0 Å². The highest BCUT2D eigenvalue weighted by Gasteiger charge is 2.42. The van der Waals surface area contributed by atoms with E-state index in [4.69, 9.17) is 9.47 Å². The number of methoxy groups -OCH3 is 1. The van der Waals surface area contributed by atoms with E-state index in [-0.39, 0.29) is 22.6 Å². The highest BCUT2D eigenvalue weighted by atomic mass is 32.2. The predicted octanol–water partition coefficient (Wildman–Crippen LogP) is 3.87. The lowest BCUT2D eigenvalue weighted by molar-refractivity contribution is -0.122. The van der Waals surface area contributed by atoms with Crippen molar-refractivity contribution in [2.75, 3.05) is 7.11 Å². The van der Waals surface area contributed by atoms with Gasteiger partial charge >= 0.3 is 0 Å². The van der Waals surface area contributed by atoms with E-state index in [0.717, 1.165) is 5.39 Å². The summed E-state index contributed by atoms with van der Waals surface area (Å²) in [5, 5.41) is 10.8. The highest BCUT2D eigenvalue weighted by molar-refractivity contribution is 7.90. The molecule has 1 heterocycles. The molecule has 7 nitrogen and oxygen atoms in total. The molecule has 3 aromatic rings. The first-order valence-corrected chi connectivity index (χ1v) is 11.5. The van der Waals surface area contributed by atoms with Crippen molar-refractivity contribution in [2.24, 2.45) is 0 Å². The molecule has 0 bridgehead atoms. The number of hydrogen-bond donors (Lipinski definition) is 1. The van der Waals surface area contributed by atoms with Crippen LogP contribution in [0.3, 0.4) is 0 Å². The number of sulfonamides is 1. The van der Waals surface area contributed by atoms with Crippen LogP contribution in [-0.4, -0.2) is 27.0 Å². The summed E-state index contributed by atoms with van der Waals surface area (Å²) in [5.41, 5.74) is -0.171. The average Bonchev–Trinajstić information content (AvgIpc) is 2.76. The molecule has 0 radical (unpaired) electrons. The minimum atomic E-state index is -4.16. The normalized spacial score (nSPS) is 17.0. The van der Waals surface area contributed by atoms with Crippen molar-refractivity contribution in [1.82, 2.24) is 4.72 Å². The quantitative estimate of drug-likeness (QED) is 0.647. The van der Waals surface area contributed by atoms with E-state index in [2.05, 4.69) is 10.8 Å². The lowest BCUT2D eigenvalue weighted by atomic mass is 9.82. The van der Waals surface area contributed by atoms with Crippen molar-refractivity contribution in [3.05, 3.63) is 65.7 Å². The standard InChI is InChI=1S/C24H22N2O5S/c1-24(2)13-18(21-19(30-3)12-11-16(14-25)22(21)31-24)23(27)26-32(28,29)20-10-6-8-15-7-4-5-9-17(15)20/h4-12,18H,13H2,1-3H3,(H,26,27). The number of nitrogens with one attached hydrogen (secondary N) is 1. The van der Waals surface area contributed by atoms with E-state index in [0.29, 0.717) is 16.7 Å². The number of ether oxygens (including phenoxy) is 2. The second-order valence-corrected chi connectivity index (χ2v) is 9.89. The molecule has 1 N–H and O–H groups in total. The minimum Gasteiger partial charge on any atom is -0.496 e. The van der Waals surface area contributed by atoms with E-state index in [1.54, 1.807) is 44.2 Å². The van der Waals surface area contributed by atoms with E-state index in [1.165, 1.54) is 13.2 Å². The fourth-order valence-electron chi connectivity index (χ4n) is 4.11. The smallest absolute Gasteiger partial charge is 0.264 e. The second kappa shape index (κ2) is 7.84. The SMILES string of the molecule is COc1ccc(C#N)c2c1C(C(=O)NS(=O)(=O)c1cccc3ccccc13)CC(C)(C)O2. The van der Waals surface area contributed by atoms with Gasteiger partial charge in [-0.05, 0) is 37.4 Å². The van der Waals surface area contributed by atoms with Gasteiger partial charge in [0.15, 0.2) is 0 Å². The molecule has 1 atom stereocenters. The van der Waals surface area contributed by atoms with Crippen molar-refractivity contribution in [2.45, 2.75) is 36.7 Å². The molecule has 1 unspecified atom stereocenters. The van der Waals surface area contributed by atoms with Crippen molar-refractivity contribution >= 4 is 26.7 Å². The van der Waals surface area contributed by atoms with E-state index < -0.39 is 27.4 Å². The third-order valence-electron chi connectivity index (χ3n) is 5.51. The van der Waals surface area contributed by atoms with Crippen LogP contribution in [-0.2, 0) is 14.8 Å². The molecule has 1 amide bonds. The minimum absolute atomic E-state index is 0.0215. The molecule has 1 aliphatic rings. The fourth-order valence-corrected chi connectivity index (χ4v) is 5.36. The summed E-state index contributed by atoms with van der Waals surface area (Å²) in [6.45, 7) is 3.58. The molecule has 0 saturated carbocycles. The Morgan fingerprint density at radius 1 is 1.16 bits per heavy atom. The van der Waals surface area contributed by atoms with E-state index >= 15 is 0 Å². The number of nitrogens with zero attached hydrogens (tertiary/aromatic N) is 1. The maximum absolute atomic E-state index is 13.4. The number of nitriles is 1. The van der Waals surface area contributed by atoms with E-state index in [1.807, 2.05) is 18.2 Å². The first-order valence-electron chi connectivity index (χ1n) is 10.0. The van der Waals surface area contributed by atoms with Crippen molar-refractivity contribution in [3.63, 3.8) is 0 Å². The molecule has 3 aromatic carbocycles. The zero-order valence-electron chi connectivity index (χ0n) is 17.9. The van der Waals surface area contributed by atoms with Gasteiger partial charge in [0.05, 0.1) is 29.1 Å². The fraction of sp³-hybridized carbons (Fsp3) is 0.250. The predicted molar refractivity (Wildman–Crippen MR) is 119 cm³/mol. The van der Waals surface area contributed by atoms with Crippen LogP contribution in [0.25, 0.3) is 10.8 Å². The lowest BCUT2D eigenvalue weighted by Crippen LogP contribution is -2.42. The topological polar surface area (TPSA) is 105 Å². The molecule has 0 fully saturated rings. The summed E-state index contributed by atoms with van der Waals surface area (Å²) in [6, 6.07) is 17.2. The van der Waals surface area contributed by atoms with Gasteiger partial charge in [0.25, 0.3) is 10.0 Å². The van der Waals surface area contributed by atoms with Gasteiger partial charge in [-0.15, -0.1) is 0 Å². The van der Waals surface area contributed by atoms with Gasteiger partial charge < -0.3 is 9.47 Å². The molecule has 4 rings (SSSR count). The number of benzene rings is 3. The molecular formula is C24H22N2O5S. The molecular weight excluding hydrogens is 428 g/mol. The lowest BCUT2D eigenvalue weighted by Gasteiger charge is -2.37. The van der Waals surface area contributed by atoms with Crippen LogP contribution in [0.5, 0.6) is 11.5 Å². The van der Waals surface area contributed by atoms with Crippen molar-refractivity contribution < 1.29 is 22.7 Å². The summed E-state index contributed by atoms with van der Waals surface area (Å²) >= 11 is 0. The Morgan fingerprint density at radius 3 is 2.59 bits per heavy atom. The molecule has 8 heteroatoms. The van der Waals surface area contributed by atoms with Gasteiger partial charge in [-0.1, -0.05) is 36.4 Å². The third-order valence-corrected chi connectivity index (χ3v) is 6.91. The Labute approximate surface area is 186 Å². The Kier molecular flexibility index (Phi) is 5.31. The Hall–Kier alpha value is -3.57. The molecule has 32 heavy (non-hydrogen) atoms. The summed E-state index contributed by atoms with van der Waals surface area (Å²) in [5.74, 6) is -0.992. The van der Waals surface area contributed by atoms with Crippen LogP contribution in [0.15, 0.2) is 59.5 Å². The number of carbonyl (C=O) groups excluding carboxylic acids is 1. The van der Waals surface area contributed by atoms with Gasteiger partial charge in [-0.25, -0.2) is 13.1 Å². The second-order valence-electron chi connectivity index (χ2n) is 8.24. The van der Waals surface area contributed by atoms with Crippen molar-refractivity contribution in [3.8, 4) is 17.6 Å². The third kappa shape index (κ3) is 3.76. The maximum atomic E-state index is 13.4. The zero-order chi connectivity index (χ0) is 23.1. The summed E-state index contributed by atoms with van der Waals surface area (Å²) in [6.07, 6.45) is 0.210. The first-order chi connectivity index (χ1) is 15.2. The monoisotopic (exact) mass is 450 g/mol. The number of fused-ring (bicyclic) bond motifs is 2. The van der Waals surface area contributed by atoms with Gasteiger partial charge in [0.1, 0.15) is 23.2 Å². The van der Waals surface area contributed by atoms with Gasteiger partial charge in [-0.2, -0.15) is 5.26 Å². The Bertz CT molecular complexity index is 1370. The summed E-state index contributed by atoms with van der Waals surface area (Å²) in [4.78, 5) is 13.4. The summed E-state index contributed by atoms with van der Waals surface area (Å²) in [7, 11) is -2.71. The molecule has 1 aliphatic heterocycles. The Balaban J connectivity index is 1.78. The van der Waals surface area contributed by atoms with E-state index in [9.17, 15) is 18.5 Å². The largest absolute Gasteiger partial charge is 0.496 e. The van der Waals surface area contributed by atoms with Crippen LogP contribution in [0.4, 0.5) is 0 Å². The maximum Gasteiger partial charge on any atom is 0.264 e. The first kappa shape index (κ1) is 21.7. The van der Waals surface area contributed by atoms with Gasteiger partial charge in [0.2, 0.25) is 5.91 Å². The number of hydrogen-bond acceptors (Lipinski definition) is 6. The number of rotatable bonds is 4. The van der Waals surface area contributed by atoms with Crippen LogP contribution in [0.1, 0.15) is 37.3 Å². The average molecular weight is 451 g/mol. The highest BCUT2D eigenvalue weighted by Crippen LogP contribution is 2.47. The van der Waals surface area contributed by atoms with Gasteiger partial charge in [-0.3, -0.25) is 4.79 Å². The van der Waals surface area contributed by atoms with Crippen LogP contribution < -0.4 is 14.2 Å². The molecule has 0 saturated heterocycles. The summed E-state index contributed by atoms with van der Waals surface area (Å²) < 4.78 is 40.1. The van der Waals surface area contributed by atoms with Crippen LogP contribution in [0, 0.1) is 11.3 Å². The van der Waals surface area contributed by atoms with Crippen molar-refractivity contribution in [1.29, 1.82) is 5.26 Å². The molecule has 0 spiro atoms. The number of amides is 1.